The van der Waals surface area contributed by atoms with Gasteiger partial charge in [-0.3, -0.25) is 4.79 Å². The molecule has 0 spiro atoms. The van der Waals surface area contributed by atoms with Crippen molar-refractivity contribution in [2.75, 3.05) is 20.3 Å². The third kappa shape index (κ3) is 6.15. The Morgan fingerprint density at radius 3 is 2.29 bits per heavy atom. The standard InChI is InChI=1S/C23H32O8/c1-8-23(6)11-17(31-21(27)13(2)9-10-30-16(5)25)18(15(4)22(28)29-7)20(26)19(23)14(3)12-24/h8-9,17-20,24,26H,1,3-4,10-12H2,2,5-7H3/b13-9-/t17-,18-,19+,20+,23-/m0/s1. The highest BCUT2D eigenvalue weighted by Crippen LogP contribution is 2.50. The summed E-state index contributed by atoms with van der Waals surface area (Å²) in [6.45, 7) is 15.5. The van der Waals surface area contributed by atoms with Gasteiger partial charge < -0.3 is 24.4 Å². The molecule has 8 heteroatoms. The first-order valence-corrected chi connectivity index (χ1v) is 9.81. The molecule has 31 heavy (non-hydrogen) atoms. The molecule has 1 aliphatic carbocycles. The fourth-order valence-corrected chi connectivity index (χ4v) is 3.93. The maximum Gasteiger partial charge on any atom is 0.333 e. The van der Waals surface area contributed by atoms with Crippen LogP contribution in [0.1, 0.15) is 27.2 Å². The van der Waals surface area contributed by atoms with Crippen LogP contribution in [0.3, 0.4) is 0 Å². The Hall–Kier alpha value is -2.71. The Bertz CT molecular complexity index is 780. The topological polar surface area (TPSA) is 119 Å². The summed E-state index contributed by atoms with van der Waals surface area (Å²) in [7, 11) is 1.18. The van der Waals surface area contributed by atoms with Gasteiger partial charge in [0.15, 0.2) is 0 Å². The highest BCUT2D eigenvalue weighted by Gasteiger charge is 2.53. The second-order valence-corrected chi connectivity index (χ2v) is 7.87. The zero-order chi connectivity index (χ0) is 23.9. The maximum absolute atomic E-state index is 12.6. The van der Waals surface area contributed by atoms with Crippen molar-refractivity contribution in [1.82, 2.24) is 0 Å². The molecule has 1 saturated carbocycles. The van der Waals surface area contributed by atoms with Crippen molar-refractivity contribution in [2.45, 2.75) is 39.4 Å². The fraction of sp³-hybridized carbons (Fsp3) is 0.522. The average Bonchev–Trinajstić information content (AvgIpc) is 2.71. The summed E-state index contributed by atoms with van der Waals surface area (Å²) in [4.78, 5) is 35.7. The van der Waals surface area contributed by atoms with E-state index in [2.05, 4.69) is 19.7 Å². The van der Waals surface area contributed by atoms with Crippen LogP contribution in [0, 0.1) is 17.3 Å². The van der Waals surface area contributed by atoms with Crippen LogP contribution in [0.4, 0.5) is 0 Å². The lowest BCUT2D eigenvalue weighted by atomic mass is 9.58. The van der Waals surface area contributed by atoms with Crippen LogP contribution in [-0.2, 0) is 28.6 Å². The van der Waals surface area contributed by atoms with Crippen LogP contribution in [0.25, 0.3) is 0 Å². The molecule has 0 heterocycles. The van der Waals surface area contributed by atoms with E-state index >= 15 is 0 Å². The van der Waals surface area contributed by atoms with Crippen molar-refractivity contribution in [3.05, 3.63) is 48.6 Å². The lowest BCUT2D eigenvalue weighted by molar-refractivity contribution is -0.161. The largest absolute Gasteiger partial charge is 0.466 e. The smallest absolute Gasteiger partial charge is 0.333 e. The Labute approximate surface area is 182 Å². The summed E-state index contributed by atoms with van der Waals surface area (Å²) in [5.74, 6) is -3.57. The van der Waals surface area contributed by atoms with Crippen LogP contribution < -0.4 is 0 Å². The molecule has 2 N–H and O–H groups in total. The van der Waals surface area contributed by atoms with E-state index in [0.29, 0.717) is 5.57 Å². The molecule has 0 unspecified atom stereocenters. The molecule has 5 atom stereocenters. The number of hydrogen-bond donors (Lipinski definition) is 2. The molecule has 0 amide bonds. The van der Waals surface area contributed by atoms with Gasteiger partial charge in [-0.1, -0.05) is 26.2 Å². The minimum Gasteiger partial charge on any atom is -0.466 e. The number of aliphatic hydroxyl groups excluding tert-OH is 2. The molecule has 0 aromatic carbocycles. The van der Waals surface area contributed by atoms with Crippen molar-refractivity contribution in [3.63, 3.8) is 0 Å². The third-order valence-electron chi connectivity index (χ3n) is 5.68. The molecule has 1 rings (SSSR count). The van der Waals surface area contributed by atoms with Gasteiger partial charge in [0.1, 0.15) is 12.7 Å². The van der Waals surface area contributed by atoms with Crippen LogP contribution in [0.5, 0.6) is 0 Å². The Morgan fingerprint density at radius 2 is 1.81 bits per heavy atom. The summed E-state index contributed by atoms with van der Waals surface area (Å²) >= 11 is 0. The quantitative estimate of drug-likeness (QED) is 0.243. The number of aliphatic hydroxyl groups is 2. The molecular formula is C23H32O8. The summed E-state index contributed by atoms with van der Waals surface area (Å²) in [6.07, 6.45) is 1.03. The maximum atomic E-state index is 12.6. The van der Waals surface area contributed by atoms with E-state index in [1.807, 2.05) is 0 Å². The van der Waals surface area contributed by atoms with Gasteiger partial charge in [0.05, 0.1) is 25.7 Å². The van der Waals surface area contributed by atoms with E-state index in [4.69, 9.17) is 14.2 Å². The van der Waals surface area contributed by atoms with Crippen molar-refractivity contribution < 1.29 is 38.8 Å². The minimum atomic E-state index is -1.24. The second kappa shape index (κ2) is 11.1. The number of rotatable bonds is 9. The SMILES string of the molecule is C=C[C@@]1(C)C[C@H](OC(=O)/C(C)=C\COC(C)=O)[C@H](C(=C)C(=O)OC)[C@@H](O)[C@H]1C(=C)CO. The van der Waals surface area contributed by atoms with E-state index in [1.165, 1.54) is 27.0 Å². The lowest BCUT2D eigenvalue weighted by Gasteiger charge is -2.50. The van der Waals surface area contributed by atoms with Gasteiger partial charge in [-0.15, -0.1) is 6.58 Å². The van der Waals surface area contributed by atoms with E-state index in [0.717, 1.165) is 0 Å². The summed E-state index contributed by atoms with van der Waals surface area (Å²) in [5, 5.41) is 20.8. The van der Waals surface area contributed by atoms with Crippen LogP contribution in [0.15, 0.2) is 48.6 Å². The van der Waals surface area contributed by atoms with Gasteiger partial charge in [-0.2, -0.15) is 0 Å². The lowest BCUT2D eigenvalue weighted by Crippen LogP contribution is -2.54. The zero-order valence-corrected chi connectivity index (χ0v) is 18.6. The zero-order valence-electron chi connectivity index (χ0n) is 18.6. The molecule has 172 valence electrons. The molecule has 0 aromatic heterocycles. The van der Waals surface area contributed by atoms with E-state index < -0.39 is 47.4 Å². The minimum absolute atomic E-state index is 0.0591. The number of carbonyl (C=O) groups is 3. The van der Waals surface area contributed by atoms with Crippen molar-refractivity contribution >= 4 is 17.9 Å². The first-order chi connectivity index (χ1) is 14.4. The van der Waals surface area contributed by atoms with E-state index in [1.54, 1.807) is 13.0 Å². The average molecular weight is 437 g/mol. The number of carbonyl (C=O) groups excluding carboxylic acids is 3. The molecular weight excluding hydrogens is 404 g/mol. The molecule has 8 nitrogen and oxygen atoms in total. The number of allylic oxidation sites excluding steroid dienone is 1. The van der Waals surface area contributed by atoms with Gasteiger partial charge >= 0.3 is 17.9 Å². The van der Waals surface area contributed by atoms with E-state index in [9.17, 15) is 24.6 Å². The molecule has 0 saturated heterocycles. The predicted molar refractivity (Wildman–Crippen MR) is 114 cm³/mol. The van der Waals surface area contributed by atoms with Gasteiger partial charge in [0.25, 0.3) is 0 Å². The van der Waals surface area contributed by atoms with Crippen molar-refractivity contribution in [3.8, 4) is 0 Å². The Balaban J connectivity index is 3.30. The number of hydrogen-bond acceptors (Lipinski definition) is 8. The molecule has 0 radical (unpaired) electrons. The molecule has 0 aliphatic heterocycles. The first kappa shape index (κ1) is 26.3. The predicted octanol–water partition coefficient (Wildman–Crippen LogP) is 1.87. The monoisotopic (exact) mass is 436 g/mol. The summed E-state index contributed by atoms with van der Waals surface area (Å²) < 4.78 is 15.2. The molecule has 0 bridgehead atoms. The van der Waals surface area contributed by atoms with E-state index in [-0.39, 0.29) is 30.8 Å². The highest BCUT2D eigenvalue weighted by molar-refractivity contribution is 5.89. The molecule has 1 aliphatic rings. The molecule has 1 fully saturated rings. The van der Waals surface area contributed by atoms with Crippen molar-refractivity contribution in [2.24, 2.45) is 17.3 Å². The van der Waals surface area contributed by atoms with Gasteiger partial charge in [0.2, 0.25) is 0 Å². The second-order valence-electron chi connectivity index (χ2n) is 7.87. The number of esters is 3. The number of ether oxygens (including phenoxy) is 3. The van der Waals surface area contributed by atoms with Crippen LogP contribution in [0.2, 0.25) is 0 Å². The summed E-state index contributed by atoms with van der Waals surface area (Å²) in [5.41, 5.74) is -0.289. The van der Waals surface area contributed by atoms with Gasteiger partial charge in [-0.25, -0.2) is 9.59 Å². The van der Waals surface area contributed by atoms with Crippen LogP contribution >= 0.6 is 0 Å². The van der Waals surface area contributed by atoms with Crippen LogP contribution in [-0.4, -0.2) is 60.7 Å². The van der Waals surface area contributed by atoms with Crippen molar-refractivity contribution in [1.29, 1.82) is 0 Å². The third-order valence-corrected chi connectivity index (χ3v) is 5.68. The fourth-order valence-electron chi connectivity index (χ4n) is 3.93. The Morgan fingerprint density at radius 1 is 1.19 bits per heavy atom. The van der Waals surface area contributed by atoms with Gasteiger partial charge in [0, 0.05) is 24.0 Å². The Kier molecular flexibility index (Phi) is 9.40. The normalized spacial score (nSPS) is 28.3. The molecule has 0 aromatic rings. The number of methoxy groups -OCH3 is 1. The highest BCUT2D eigenvalue weighted by atomic mass is 16.5. The first-order valence-electron chi connectivity index (χ1n) is 9.81. The van der Waals surface area contributed by atoms with Gasteiger partial charge in [-0.05, 0) is 30.4 Å². The summed E-state index contributed by atoms with van der Waals surface area (Å²) in [6, 6.07) is 0.